The highest BCUT2D eigenvalue weighted by Crippen LogP contribution is 2.07. The quantitative estimate of drug-likeness (QED) is 0.525. The molecular formula is C11H17N5O. The van der Waals surface area contributed by atoms with Crippen molar-refractivity contribution in [3.63, 3.8) is 0 Å². The lowest BCUT2D eigenvalue weighted by atomic mass is 10.0. The number of hydrazone groups is 1. The van der Waals surface area contributed by atoms with Crippen molar-refractivity contribution < 1.29 is 0 Å². The van der Waals surface area contributed by atoms with E-state index in [4.69, 9.17) is 0 Å². The standard InChI is InChI=1S/C11H17N5O/c1-8-5-10(17)15-11(14-8)16-13-7-9-3-2-4-12-6-9/h5,7,9,12H,2-4,6H2,1H3,(H2,14,15,16,17)/b13-7+. The van der Waals surface area contributed by atoms with Crippen LogP contribution in [0.4, 0.5) is 5.95 Å². The highest BCUT2D eigenvalue weighted by molar-refractivity contribution is 5.62. The van der Waals surface area contributed by atoms with E-state index in [0.29, 0.717) is 17.6 Å². The van der Waals surface area contributed by atoms with Crippen molar-refractivity contribution in [3.05, 3.63) is 22.1 Å². The van der Waals surface area contributed by atoms with Gasteiger partial charge in [-0.05, 0) is 26.3 Å². The Morgan fingerprint density at radius 1 is 1.65 bits per heavy atom. The molecule has 6 nitrogen and oxygen atoms in total. The van der Waals surface area contributed by atoms with Crippen LogP contribution in [0.2, 0.25) is 0 Å². The van der Waals surface area contributed by atoms with E-state index < -0.39 is 0 Å². The SMILES string of the molecule is Cc1cc(=O)[nH]c(N/N=C/C2CCCNC2)n1. The van der Waals surface area contributed by atoms with Crippen LogP contribution in [0.1, 0.15) is 18.5 Å². The Morgan fingerprint density at radius 3 is 3.24 bits per heavy atom. The summed E-state index contributed by atoms with van der Waals surface area (Å²) in [6.45, 7) is 3.82. The number of H-pyrrole nitrogens is 1. The topological polar surface area (TPSA) is 82.2 Å². The lowest BCUT2D eigenvalue weighted by Gasteiger charge is -2.18. The van der Waals surface area contributed by atoms with Crippen molar-refractivity contribution in [2.45, 2.75) is 19.8 Å². The smallest absolute Gasteiger partial charge is 0.252 e. The number of anilines is 1. The zero-order valence-corrected chi connectivity index (χ0v) is 9.86. The highest BCUT2D eigenvalue weighted by atomic mass is 16.1. The van der Waals surface area contributed by atoms with Crippen molar-refractivity contribution in [2.75, 3.05) is 18.5 Å². The van der Waals surface area contributed by atoms with E-state index in [1.807, 2.05) is 6.21 Å². The number of hydrogen-bond acceptors (Lipinski definition) is 5. The van der Waals surface area contributed by atoms with Gasteiger partial charge in [0.05, 0.1) is 0 Å². The van der Waals surface area contributed by atoms with Gasteiger partial charge in [-0.25, -0.2) is 10.4 Å². The van der Waals surface area contributed by atoms with Gasteiger partial charge in [-0.2, -0.15) is 5.10 Å². The predicted molar refractivity (Wildman–Crippen MR) is 67.3 cm³/mol. The van der Waals surface area contributed by atoms with Gasteiger partial charge in [0.15, 0.2) is 0 Å². The van der Waals surface area contributed by atoms with Crippen LogP contribution in [-0.4, -0.2) is 29.3 Å². The molecule has 2 heterocycles. The Bertz CT molecular complexity index is 447. The highest BCUT2D eigenvalue weighted by Gasteiger charge is 2.09. The average molecular weight is 235 g/mol. The van der Waals surface area contributed by atoms with Gasteiger partial charge in [0.2, 0.25) is 5.95 Å². The fraction of sp³-hybridized carbons (Fsp3) is 0.545. The number of nitrogens with zero attached hydrogens (tertiary/aromatic N) is 2. The van der Waals surface area contributed by atoms with Gasteiger partial charge in [-0.3, -0.25) is 9.78 Å². The van der Waals surface area contributed by atoms with E-state index in [9.17, 15) is 4.79 Å². The lowest BCUT2D eigenvalue weighted by molar-refractivity contribution is 0.463. The first-order valence-corrected chi connectivity index (χ1v) is 5.82. The Hall–Kier alpha value is -1.69. The lowest BCUT2D eigenvalue weighted by Crippen LogP contribution is -2.30. The number of aryl methyl sites for hydroxylation is 1. The molecule has 1 unspecified atom stereocenters. The summed E-state index contributed by atoms with van der Waals surface area (Å²) in [5, 5.41) is 7.41. The molecule has 0 bridgehead atoms. The molecule has 1 atom stereocenters. The molecule has 3 N–H and O–H groups in total. The molecule has 0 aromatic carbocycles. The van der Waals surface area contributed by atoms with Crippen molar-refractivity contribution >= 4 is 12.2 Å². The van der Waals surface area contributed by atoms with Crippen molar-refractivity contribution in [1.29, 1.82) is 0 Å². The van der Waals surface area contributed by atoms with Gasteiger partial charge < -0.3 is 5.32 Å². The summed E-state index contributed by atoms with van der Waals surface area (Å²) in [7, 11) is 0. The third-order valence-corrected chi connectivity index (χ3v) is 2.66. The Labute approximate surface area is 99.5 Å². The molecule has 1 aliphatic rings. The molecule has 1 aliphatic heterocycles. The number of piperidine rings is 1. The van der Waals surface area contributed by atoms with Crippen molar-refractivity contribution in [2.24, 2.45) is 11.0 Å². The van der Waals surface area contributed by atoms with E-state index in [1.54, 1.807) is 6.92 Å². The first-order valence-electron chi connectivity index (χ1n) is 5.82. The molecule has 0 aliphatic carbocycles. The van der Waals surface area contributed by atoms with Gasteiger partial charge in [0.25, 0.3) is 5.56 Å². The molecule has 0 spiro atoms. The molecule has 17 heavy (non-hydrogen) atoms. The molecule has 0 saturated carbocycles. The van der Waals surface area contributed by atoms with Crippen LogP contribution < -0.4 is 16.3 Å². The molecule has 1 aromatic heterocycles. The maximum Gasteiger partial charge on any atom is 0.252 e. The maximum atomic E-state index is 11.2. The summed E-state index contributed by atoms with van der Waals surface area (Å²) in [5.41, 5.74) is 3.25. The number of aromatic amines is 1. The number of hydrogen-bond donors (Lipinski definition) is 3. The van der Waals surface area contributed by atoms with E-state index in [1.165, 1.54) is 12.5 Å². The molecule has 0 amide bonds. The zero-order chi connectivity index (χ0) is 12.1. The first kappa shape index (κ1) is 11.8. The largest absolute Gasteiger partial charge is 0.316 e. The summed E-state index contributed by atoms with van der Waals surface area (Å²) < 4.78 is 0. The monoisotopic (exact) mass is 235 g/mol. The first-order chi connectivity index (χ1) is 8.24. The normalized spacial score (nSPS) is 20.6. The molecule has 1 fully saturated rings. The molecule has 1 saturated heterocycles. The van der Waals surface area contributed by atoms with Gasteiger partial charge in [-0.1, -0.05) is 0 Å². The zero-order valence-electron chi connectivity index (χ0n) is 9.86. The Morgan fingerprint density at radius 2 is 2.53 bits per heavy atom. The number of rotatable bonds is 3. The fourth-order valence-corrected chi connectivity index (χ4v) is 1.84. The molecular weight excluding hydrogens is 218 g/mol. The average Bonchev–Trinajstić information content (AvgIpc) is 2.29. The molecule has 2 rings (SSSR count). The fourth-order valence-electron chi connectivity index (χ4n) is 1.84. The third-order valence-electron chi connectivity index (χ3n) is 2.66. The summed E-state index contributed by atoms with van der Waals surface area (Å²) in [4.78, 5) is 17.9. The van der Waals surface area contributed by atoms with Crippen LogP contribution in [-0.2, 0) is 0 Å². The van der Waals surface area contributed by atoms with Crippen LogP contribution in [0.25, 0.3) is 0 Å². The van der Waals surface area contributed by atoms with Gasteiger partial charge >= 0.3 is 0 Å². The van der Waals surface area contributed by atoms with Crippen molar-refractivity contribution in [1.82, 2.24) is 15.3 Å². The second-order valence-electron chi connectivity index (χ2n) is 4.23. The van der Waals surface area contributed by atoms with Crippen LogP contribution in [0.15, 0.2) is 16.0 Å². The second-order valence-corrected chi connectivity index (χ2v) is 4.23. The summed E-state index contributed by atoms with van der Waals surface area (Å²) >= 11 is 0. The van der Waals surface area contributed by atoms with Gasteiger partial charge in [-0.15, -0.1) is 0 Å². The van der Waals surface area contributed by atoms with E-state index >= 15 is 0 Å². The van der Waals surface area contributed by atoms with E-state index in [0.717, 1.165) is 19.5 Å². The second kappa shape index (κ2) is 5.58. The van der Waals surface area contributed by atoms with Crippen LogP contribution in [0.5, 0.6) is 0 Å². The molecule has 6 heteroatoms. The number of aromatic nitrogens is 2. The van der Waals surface area contributed by atoms with Crippen LogP contribution in [0.3, 0.4) is 0 Å². The van der Waals surface area contributed by atoms with Gasteiger partial charge in [0, 0.05) is 30.4 Å². The minimum Gasteiger partial charge on any atom is -0.316 e. The number of nitrogens with one attached hydrogen (secondary N) is 3. The minimum atomic E-state index is -0.172. The third kappa shape index (κ3) is 3.67. The summed E-state index contributed by atoms with van der Waals surface area (Å²) in [6.07, 6.45) is 4.20. The minimum absolute atomic E-state index is 0.172. The molecule has 1 aromatic rings. The summed E-state index contributed by atoms with van der Waals surface area (Å²) in [6, 6.07) is 1.44. The van der Waals surface area contributed by atoms with E-state index in [2.05, 4.69) is 25.8 Å². The van der Waals surface area contributed by atoms with Crippen molar-refractivity contribution in [3.8, 4) is 0 Å². The van der Waals surface area contributed by atoms with Crippen LogP contribution in [0, 0.1) is 12.8 Å². The maximum absolute atomic E-state index is 11.2. The predicted octanol–water partition coefficient (Wildman–Crippen LogP) is 0.476. The Balaban J connectivity index is 1.92. The van der Waals surface area contributed by atoms with Gasteiger partial charge in [0.1, 0.15) is 0 Å². The molecule has 0 radical (unpaired) electrons. The molecule has 92 valence electrons. The summed E-state index contributed by atoms with van der Waals surface area (Å²) in [5.74, 6) is 0.836. The van der Waals surface area contributed by atoms with E-state index in [-0.39, 0.29) is 5.56 Å². The van der Waals surface area contributed by atoms with Crippen LogP contribution >= 0.6 is 0 Å². The Kier molecular flexibility index (Phi) is 3.87.